The van der Waals surface area contributed by atoms with E-state index in [0.29, 0.717) is 29.3 Å². The van der Waals surface area contributed by atoms with Crippen molar-refractivity contribution in [3.05, 3.63) is 65.2 Å². The van der Waals surface area contributed by atoms with E-state index >= 15 is 0 Å². The van der Waals surface area contributed by atoms with E-state index in [2.05, 4.69) is 31.5 Å². The van der Waals surface area contributed by atoms with Crippen LogP contribution >= 0.6 is 0 Å². The van der Waals surface area contributed by atoms with Crippen LogP contribution in [0.4, 0.5) is 26.3 Å². The van der Waals surface area contributed by atoms with Crippen molar-refractivity contribution in [3.8, 4) is 11.4 Å². The molecular weight excluding hydrogens is 680 g/mol. The first-order chi connectivity index (χ1) is 23.3. The number of carboxylic acid groups (broad SMARTS) is 1. The Labute approximate surface area is 280 Å². The Morgan fingerprint density at radius 2 is 1.42 bits per heavy atom. The first-order valence-electron chi connectivity index (χ1n) is 15.0. The van der Waals surface area contributed by atoms with Crippen LogP contribution in [0.1, 0.15) is 50.3 Å². The smallest absolute Gasteiger partial charge is 0.417 e. The van der Waals surface area contributed by atoms with Gasteiger partial charge < -0.3 is 21.1 Å². The molecule has 3 atom stereocenters. The molecule has 50 heavy (non-hydrogen) atoms. The molecule has 270 valence electrons. The van der Waals surface area contributed by atoms with Crippen molar-refractivity contribution in [1.29, 1.82) is 0 Å². The Balaban J connectivity index is 1.75. The van der Waals surface area contributed by atoms with Gasteiger partial charge in [0.25, 0.3) is 0 Å². The molecular formula is C31H33F6N7O6. The third kappa shape index (κ3) is 10.6. The third-order valence-electron chi connectivity index (χ3n) is 7.32. The summed E-state index contributed by atoms with van der Waals surface area (Å²) in [5.41, 5.74) is -4.06. The second-order valence-electron chi connectivity index (χ2n) is 11.5. The number of nitrogens with one attached hydrogen (secondary N) is 3. The van der Waals surface area contributed by atoms with Gasteiger partial charge in [-0.1, -0.05) is 50.2 Å². The van der Waals surface area contributed by atoms with E-state index < -0.39 is 101 Å². The average molecular weight is 714 g/mol. The number of carbonyl (C=O) groups is 5. The first kappa shape index (κ1) is 39.1. The number of rotatable bonds is 15. The lowest BCUT2D eigenvalue weighted by Crippen LogP contribution is -2.56. The number of amides is 3. The summed E-state index contributed by atoms with van der Waals surface area (Å²) in [5.74, 6) is -6.58. The van der Waals surface area contributed by atoms with Gasteiger partial charge in [0.05, 0.1) is 23.6 Å². The third-order valence-corrected chi connectivity index (χ3v) is 7.32. The maximum absolute atomic E-state index is 13.8. The number of tetrazole rings is 1. The molecule has 0 bridgehead atoms. The zero-order valence-corrected chi connectivity index (χ0v) is 26.8. The van der Waals surface area contributed by atoms with Gasteiger partial charge in [-0.15, -0.1) is 5.10 Å². The summed E-state index contributed by atoms with van der Waals surface area (Å²) in [7, 11) is 0. The Hall–Kier alpha value is -5.36. The molecule has 0 aliphatic rings. The van der Waals surface area contributed by atoms with Crippen LogP contribution in [0.3, 0.4) is 0 Å². The maximum atomic E-state index is 13.8. The Bertz CT molecular complexity index is 1660. The van der Waals surface area contributed by atoms with E-state index in [1.54, 1.807) is 13.8 Å². The first-order valence-corrected chi connectivity index (χ1v) is 15.0. The Kier molecular flexibility index (Phi) is 12.8. The SMILES string of the molecule is CC(C)[C@H](NC(=O)CCc1ccccc1)C(=O)N[C@@H](C)C(=O)NC(CC(=O)O)C(=O)Cn1nnnc1-c1c(C(F)(F)F)cccc1C(F)(F)F. The number of Topliss-reactive ketones (excluding diaryl/α,β-unsaturated/α-hetero) is 1. The summed E-state index contributed by atoms with van der Waals surface area (Å²) in [4.78, 5) is 63.3. The predicted octanol–water partition coefficient (Wildman–Crippen LogP) is 3.18. The summed E-state index contributed by atoms with van der Waals surface area (Å²) < 4.78 is 82.9. The molecule has 0 saturated carbocycles. The molecule has 0 radical (unpaired) electrons. The van der Waals surface area contributed by atoms with Crippen LogP contribution in [-0.4, -0.2) is 72.9 Å². The lowest BCUT2D eigenvalue weighted by Gasteiger charge is -2.25. The highest BCUT2D eigenvalue weighted by molar-refractivity contribution is 5.95. The molecule has 0 aliphatic heterocycles. The summed E-state index contributed by atoms with van der Waals surface area (Å²) in [6.45, 7) is 3.35. The summed E-state index contributed by atoms with van der Waals surface area (Å²) in [5, 5.41) is 26.2. The quantitative estimate of drug-likeness (QED) is 0.172. The van der Waals surface area contributed by atoms with Gasteiger partial charge in [0.1, 0.15) is 18.6 Å². The number of aliphatic carboxylic acids is 1. The number of nitrogens with zero attached hydrogens (tertiary/aromatic N) is 4. The number of alkyl halides is 6. The monoisotopic (exact) mass is 713 g/mol. The molecule has 4 N–H and O–H groups in total. The number of carboxylic acids is 1. The van der Waals surface area contributed by atoms with Gasteiger partial charge in [-0.2, -0.15) is 26.3 Å². The van der Waals surface area contributed by atoms with Crippen molar-refractivity contribution in [3.63, 3.8) is 0 Å². The van der Waals surface area contributed by atoms with Crippen molar-refractivity contribution in [2.75, 3.05) is 0 Å². The fourth-order valence-electron chi connectivity index (χ4n) is 4.78. The second-order valence-corrected chi connectivity index (χ2v) is 11.5. The number of ketones is 1. The molecule has 0 aliphatic carbocycles. The van der Waals surface area contributed by atoms with Crippen LogP contribution in [0.5, 0.6) is 0 Å². The average Bonchev–Trinajstić information content (AvgIpc) is 3.48. The number of aryl methyl sites for hydroxylation is 1. The molecule has 0 saturated heterocycles. The molecule has 1 heterocycles. The van der Waals surface area contributed by atoms with E-state index in [1.165, 1.54) is 6.92 Å². The number of hydrogen-bond acceptors (Lipinski definition) is 8. The number of hydrogen-bond donors (Lipinski definition) is 4. The largest absolute Gasteiger partial charge is 0.481 e. The van der Waals surface area contributed by atoms with Gasteiger partial charge in [-0.3, -0.25) is 24.0 Å². The molecule has 2 aromatic carbocycles. The highest BCUT2D eigenvalue weighted by Gasteiger charge is 2.43. The van der Waals surface area contributed by atoms with Gasteiger partial charge >= 0.3 is 18.3 Å². The van der Waals surface area contributed by atoms with Gasteiger partial charge in [0.15, 0.2) is 11.6 Å². The van der Waals surface area contributed by atoms with Crippen molar-refractivity contribution in [2.24, 2.45) is 5.92 Å². The summed E-state index contributed by atoms with van der Waals surface area (Å²) >= 11 is 0. The minimum atomic E-state index is -5.29. The molecule has 1 unspecified atom stereocenters. The summed E-state index contributed by atoms with van der Waals surface area (Å²) in [6, 6.07) is 6.03. The van der Waals surface area contributed by atoms with Crippen molar-refractivity contribution < 1.29 is 55.4 Å². The molecule has 19 heteroatoms. The van der Waals surface area contributed by atoms with Crippen LogP contribution < -0.4 is 16.0 Å². The van der Waals surface area contributed by atoms with E-state index in [1.807, 2.05) is 30.3 Å². The van der Waals surface area contributed by atoms with Gasteiger partial charge in [0.2, 0.25) is 17.7 Å². The van der Waals surface area contributed by atoms with E-state index in [-0.39, 0.29) is 6.42 Å². The Morgan fingerprint density at radius 1 is 0.820 bits per heavy atom. The molecule has 3 aromatic rings. The zero-order valence-electron chi connectivity index (χ0n) is 26.8. The van der Waals surface area contributed by atoms with Gasteiger partial charge in [0, 0.05) is 12.0 Å². The normalized spacial score (nSPS) is 13.6. The molecule has 1 aromatic heterocycles. The fraction of sp³-hybridized carbons (Fsp3) is 0.419. The van der Waals surface area contributed by atoms with Crippen molar-refractivity contribution >= 4 is 29.5 Å². The Morgan fingerprint density at radius 3 is 1.96 bits per heavy atom. The predicted molar refractivity (Wildman–Crippen MR) is 162 cm³/mol. The molecule has 0 fully saturated rings. The fourth-order valence-corrected chi connectivity index (χ4v) is 4.78. The summed E-state index contributed by atoms with van der Waals surface area (Å²) in [6.07, 6.45) is -11.2. The zero-order chi connectivity index (χ0) is 37.4. The minimum Gasteiger partial charge on any atom is -0.481 e. The number of benzene rings is 2. The van der Waals surface area contributed by atoms with Crippen LogP contribution in [0.15, 0.2) is 48.5 Å². The van der Waals surface area contributed by atoms with Gasteiger partial charge in [-0.25, -0.2) is 4.68 Å². The molecule has 13 nitrogen and oxygen atoms in total. The van der Waals surface area contributed by atoms with Crippen LogP contribution in [0, 0.1) is 5.92 Å². The second kappa shape index (κ2) is 16.4. The highest BCUT2D eigenvalue weighted by Crippen LogP contribution is 2.43. The van der Waals surface area contributed by atoms with Gasteiger partial charge in [-0.05, 0) is 47.4 Å². The minimum absolute atomic E-state index is 0.0673. The lowest BCUT2D eigenvalue weighted by atomic mass is 9.99. The lowest BCUT2D eigenvalue weighted by molar-refractivity contribution is -0.142. The topological polar surface area (TPSA) is 185 Å². The maximum Gasteiger partial charge on any atom is 0.417 e. The van der Waals surface area contributed by atoms with E-state index in [4.69, 9.17) is 0 Å². The number of carbonyl (C=O) groups excluding carboxylic acids is 4. The van der Waals surface area contributed by atoms with Crippen molar-refractivity contribution in [1.82, 2.24) is 36.2 Å². The molecule has 3 amide bonds. The number of halogens is 6. The van der Waals surface area contributed by atoms with Crippen LogP contribution in [0.25, 0.3) is 11.4 Å². The standard InChI is InChI=1S/C31H33F6N7O6/c1-16(2)26(40-23(46)13-12-18-8-5-4-6-9-18)29(50)38-17(3)28(49)39-21(14-24(47)48)22(45)15-44-27(41-42-43-44)25-19(30(32,33)34)10-7-11-20(25)31(35,36)37/h4-11,16-17,21,26H,12-15H2,1-3H3,(H,38,50)(H,39,49)(H,40,46)(H,47,48)/t17-,21?,26-/m0/s1. The molecule has 3 rings (SSSR count). The van der Waals surface area contributed by atoms with Crippen molar-refractivity contribution in [2.45, 2.75) is 77.1 Å². The van der Waals surface area contributed by atoms with E-state index in [0.717, 1.165) is 5.56 Å². The highest BCUT2D eigenvalue weighted by atomic mass is 19.4. The number of aromatic nitrogens is 4. The molecule has 0 spiro atoms. The van der Waals surface area contributed by atoms with Crippen LogP contribution in [-0.2, 0) is 49.3 Å². The van der Waals surface area contributed by atoms with Crippen LogP contribution in [0.2, 0.25) is 0 Å². The van der Waals surface area contributed by atoms with E-state index in [9.17, 15) is 55.4 Å².